The second kappa shape index (κ2) is 6.33. The van der Waals surface area contributed by atoms with Crippen LogP contribution in [0.2, 0.25) is 0 Å². The Balaban J connectivity index is 1.90. The zero-order chi connectivity index (χ0) is 14.7. The van der Waals surface area contributed by atoms with Crippen LogP contribution < -0.4 is 11.1 Å². The van der Waals surface area contributed by atoms with Crippen LogP contribution in [0.25, 0.3) is 0 Å². The molecule has 0 radical (unpaired) electrons. The summed E-state index contributed by atoms with van der Waals surface area (Å²) in [5, 5.41) is 2.74. The lowest BCUT2D eigenvalue weighted by molar-refractivity contribution is -0.118. The minimum atomic E-state index is -0.305. The van der Waals surface area contributed by atoms with Crippen LogP contribution in [0.15, 0.2) is 18.2 Å². The third-order valence-electron chi connectivity index (χ3n) is 3.86. The Morgan fingerprint density at radius 1 is 1.55 bits per heavy atom. The summed E-state index contributed by atoms with van der Waals surface area (Å²) in [6, 6.07) is 5.26. The predicted molar refractivity (Wildman–Crippen MR) is 78.0 cm³/mol. The van der Waals surface area contributed by atoms with E-state index in [0.717, 1.165) is 19.4 Å². The van der Waals surface area contributed by atoms with Crippen molar-refractivity contribution in [3.05, 3.63) is 29.6 Å². The Morgan fingerprint density at radius 3 is 2.95 bits per heavy atom. The largest absolute Gasteiger partial charge is 0.328 e. The Morgan fingerprint density at radius 2 is 2.30 bits per heavy atom. The lowest BCUT2D eigenvalue weighted by Gasteiger charge is -2.35. The van der Waals surface area contributed by atoms with Gasteiger partial charge in [-0.05, 0) is 44.4 Å². The lowest BCUT2D eigenvalue weighted by Crippen LogP contribution is -2.48. The number of carbonyl (C=O) groups is 1. The number of aryl methyl sites for hydroxylation is 1. The van der Waals surface area contributed by atoms with E-state index in [1.54, 1.807) is 19.1 Å². The van der Waals surface area contributed by atoms with Gasteiger partial charge in [-0.25, -0.2) is 4.39 Å². The van der Waals surface area contributed by atoms with Crippen LogP contribution in [0.3, 0.4) is 0 Å². The van der Waals surface area contributed by atoms with Crippen molar-refractivity contribution in [2.24, 2.45) is 5.73 Å². The molecule has 1 aromatic carbocycles. The quantitative estimate of drug-likeness (QED) is 0.888. The van der Waals surface area contributed by atoms with Crippen molar-refractivity contribution in [2.75, 3.05) is 18.4 Å². The number of piperidine rings is 1. The molecule has 3 N–H and O–H groups in total. The van der Waals surface area contributed by atoms with Crippen molar-refractivity contribution in [3.63, 3.8) is 0 Å². The number of anilines is 1. The monoisotopic (exact) mass is 279 g/mol. The summed E-state index contributed by atoms with van der Waals surface area (Å²) in [6.07, 6.45) is 1.82. The van der Waals surface area contributed by atoms with Crippen LogP contribution in [0.1, 0.15) is 25.3 Å². The molecule has 0 bridgehead atoms. The molecule has 1 amide bonds. The average Bonchev–Trinajstić information content (AvgIpc) is 2.37. The molecule has 0 aliphatic carbocycles. The number of nitrogens with two attached hydrogens (primary N) is 1. The molecule has 20 heavy (non-hydrogen) atoms. The molecule has 1 heterocycles. The topological polar surface area (TPSA) is 58.4 Å². The third-order valence-corrected chi connectivity index (χ3v) is 3.86. The van der Waals surface area contributed by atoms with Gasteiger partial charge in [0.05, 0.1) is 6.54 Å². The average molecular weight is 279 g/mol. The summed E-state index contributed by atoms with van der Waals surface area (Å²) in [5.41, 5.74) is 6.97. The molecule has 110 valence electrons. The predicted octanol–water partition coefficient (Wildman–Crippen LogP) is 1.88. The molecule has 1 saturated heterocycles. The zero-order valence-electron chi connectivity index (χ0n) is 12.0. The number of halogens is 1. The fourth-order valence-electron chi connectivity index (χ4n) is 2.55. The standard InChI is InChI=1S/C15H22FN3O/c1-10-3-4-13(8-14(10)16)18-15(20)9-19-6-5-12(17)7-11(19)2/h3-4,8,11-12H,5-7,9,17H2,1-2H3,(H,18,20). The maximum Gasteiger partial charge on any atom is 0.238 e. The van der Waals surface area contributed by atoms with Crippen LogP contribution in [0, 0.1) is 12.7 Å². The van der Waals surface area contributed by atoms with E-state index in [-0.39, 0.29) is 17.8 Å². The molecule has 1 fully saturated rings. The molecule has 1 aliphatic rings. The SMILES string of the molecule is Cc1ccc(NC(=O)CN2CCC(N)CC2C)cc1F. The van der Waals surface area contributed by atoms with Crippen molar-refractivity contribution in [1.82, 2.24) is 4.90 Å². The summed E-state index contributed by atoms with van der Waals surface area (Å²) in [6.45, 7) is 4.93. The van der Waals surface area contributed by atoms with E-state index in [2.05, 4.69) is 17.1 Å². The summed E-state index contributed by atoms with van der Waals surface area (Å²) >= 11 is 0. The third kappa shape index (κ3) is 3.77. The molecule has 1 aliphatic heterocycles. The van der Waals surface area contributed by atoms with Gasteiger partial charge in [-0.15, -0.1) is 0 Å². The molecule has 0 saturated carbocycles. The van der Waals surface area contributed by atoms with E-state index in [9.17, 15) is 9.18 Å². The molecule has 2 rings (SSSR count). The second-order valence-electron chi connectivity index (χ2n) is 5.62. The maximum atomic E-state index is 13.4. The molecular formula is C15H22FN3O. The summed E-state index contributed by atoms with van der Waals surface area (Å²) in [4.78, 5) is 14.1. The number of hydrogen-bond acceptors (Lipinski definition) is 3. The number of likely N-dealkylation sites (tertiary alicyclic amines) is 1. The van der Waals surface area contributed by atoms with Gasteiger partial charge in [0, 0.05) is 24.3 Å². The van der Waals surface area contributed by atoms with Gasteiger partial charge in [-0.3, -0.25) is 9.69 Å². The Bertz CT molecular complexity index is 492. The highest BCUT2D eigenvalue weighted by Gasteiger charge is 2.24. The molecule has 5 heteroatoms. The summed E-state index contributed by atoms with van der Waals surface area (Å²) < 4.78 is 13.4. The number of hydrogen-bond donors (Lipinski definition) is 2. The lowest BCUT2D eigenvalue weighted by atomic mass is 9.99. The Labute approximate surface area is 119 Å². The van der Waals surface area contributed by atoms with Gasteiger partial charge in [-0.2, -0.15) is 0 Å². The molecule has 0 spiro atoms. The van der Waals surface area contributed by atoms with E-state index in [1.807, 2.05) is 0 Å². The minimum absolute atomic E-state index is 0.115. The van der Waals surface area contributed by atoms with Gasteiger partial charge in [0.1, 0.15) is 5.82 Å². The van der Waals surface area contributed by atoms with Crippen LogP contribution in [-0.2, 0) is 4.79 Å². The Hall–Kier alpha value is -1.46. The first-order valence-electron chi connectivity index (χ1n) is 7.01. The number of benzene rings is 1. The number of nitrogens with one attached hydrogen (secondary N) is 1. The molecule has 2 atom stereocenters. The van der Waals surface area contributed by atoms with Crippen LogP contribution in [0.5, 0.6) is 0 Å². The van der Waals surface area contributed by atoms with Crippen molar-refractivity contribution >= 4 is 11.6 Å². The smallest absolute Gasteiger partial charge is 0.238 e. The minimum Gasteiger partial charge on any atom is -0.328 e. The van der Waals surface area contributed by atoms with Crippen LogP contribution >= 0.6 is 0 Å². The number of rotatable bonds is 3. The van der Waals surface area contributed by atoms with Crippen molar-refractivity contribution in [2.45, 2.75) is 38.8 Å². The van der Waals surface area contributed by atoms with Gasteiger partial charge < -0.3 is 11.1 Å². The summed E-state index contributed by atoms with van der Waals surface area (Å²) in [5.74, 6) is -0.421. The van der Waals surface area contributed by atoms with Gasteiger partial charge >= 0.3 is 0 Å². The normalized spacial score (nSPS) is 23.6. The fourth-order valence-corrected chi connectivity index (χ4v) is 2.55. The summed E-state index contributed by atoms with van der Waals surface area (Å²) in [7, 11) is 0. The van der Waals surface area contributed by atoms with Crippen molar-refractivity contribution in [3.8, 4) is 0 Å². The molecular weight excluding hydrogens is 257 g/mol. The second-order valence-corrected chi connectivity index (χ2v) is 5.62. The molecule has 2 unspecified atom stereocenters. The van der Waals surface area contributed by atoms with Gasteiger partial charge in [0.2, 0.25) is 5.91 Å². The molecule has 0 aromatic heterocycles. The van der Waals surface area contributed by atoms with E-state index >= 15 is 0 Å². The zero-order valence-corrected chi connectivity index (χ0v) is 12.0. The molecule has 4 nitrogen and oxygen atoms in total. The first-order chi connectivity index (χ1) is 9.45. The van der Waals surface area contributed by atoms with E-state index in [1.165, 1.54) is 6.07 Å². The van der Waals surface area contributed by atoms with E-state index in [0.29, 0.717) is 23.8 Å². The highest BCUT2D eigenvalue weighted by Crippen LogP contribution is 2.17. The van der Waals surface area contributed by atoms with Gasteiger partial charge in [0.15, 0.2) is 0 Å². The van der Waals surface area contributed by atoms with Gasteiger partial charge in [-0.1, -0.05) is 6.07 Å². The van der Waals surface area contributed by atoms with Crippen molar-refractivity contribution < 1.29 is 9.18 Å². The highest BCUT2D eigenvalue weighted by molar-refractivity contribution is 5.92. The number of nitrogens with zero attached hydrogens (tertiary/aromatic N) is 1. The van der Waals surface area contributed by atoms with Gasteiger partial charge in [0.25, 0.3) is 0 Å². The van der Waals surface area contributed by atoms with Crippen molar-refractivity contribution in [1.29, 1.82) is 0 Å². The first kappa shape index (κ1) is 14.9. The van der Waals surface area contributed by atoms with E-state index in [4.69, 9.17) is 5.73 Å². The van der Waals surface area contributed by atoms with Crippen LogP contribution in [0.4, 0.5) is 10.1 Å². The van der Waals surface area contributed by atoms with E-state index < -0.39 is 0 Å². The number of carbonyl (C=O) groups excluding carboxylic acids is 1. The Kier molecular flexibility index (Phi) is 4.73. The molecule has 1 aromatic rings. The fraction of sp³-hybridized carbons (Fsp3) is 0.533. The maximum absolute atomic E-state index is 13.4. The van der Waals surface area contributed by atoms with Crippen LogP contribution in [-0.4, -0.2) is 36.0 Å². The highest BCUT2D eigenvalue weighted by atomic mass is 19.1. The first-order valence-corrected chi connectivity index (χ1v) is 7.01. The number of amides is 1.